The van der Waals surface area contributed by atoms with Crippen molar-refractivity contribution in [2.45, 2.75) is 58.9 Å². The third-order valence-corrected chi connectivity index (χ3v) is 2.00. The van der Waals surface area contributed by atoms with Crippen LogP contribution in [0, 0.1) is 5.41 Å². The highest BCUT2D eigenvalue weighted by molar-refractivity contribution is 6.20. The molecule has 0 fully saturated rings. The van der Waals surface area contributed by atoms with Crippen molar-refractivity contribution in [3.8, 4) is 0 Å². The van der Waals surface area contributed by atoms with Crippen molar-refractivity contribution in [3.05, 3.63) is 0 Å². The van der Waals surface area contributed by atoms with Crippen LogP contribution in [-0.4, -0.2) is 17.5 Å². The molecule has 0 rings (SSSR count). The summed E-state index contributed by atoms with van der Waals surface area (Å²) in [5, 5.41) is 3.65. The minimum absolute atomic E-state index is 0.172. The van der Waals surface area contributed by atoms with Gasteiger partial charge >= 0.3 is 0 Å². The fourth-order valence-corrected chi connectivity index (χ4v) is 1.69. The predicted molar refractivity (Wildman–Crippen MR) is 61.5 cm³/mol. The van der Waals surface area contributed by atoms with Crippen LogP contribution in [0.3, 0.4) is 0 Å². The van der Waals surface area contributed by atoms with Crippen molar-refractivity contribution in [1.82, 2.24) is 5.32 Å². The molecule has 1 nitrogen and oxygen atoms in total. The van der Waals surface area contributed by atoms with E-state index in [0.717, 1.165) is 13.0 Å². The van der Waals surface area contributed by atoms with Gasteiger partial charge in [0.1, 0.15) is 0 Å². The number of alkyl halides is 1. The average Bonchev–Trinajstić information content (AvgIpc) is 1.78. The minimum Gasteiger partial charge on any atom is -0.311 e. The van der Waals surface area contributed by atoms with Crippen LogP contribution in [0.4, 0.5) is 0 Å². The molecule has 0 aliphatic carbocycles. The molecule has 0 aromatic rings. The Kier molecular flexibility index (Phi) is 4.74. The van der Waals surface area contributed by atoms with Crippen molar-refractivity contribution in [1.29, 1.82) is 0 Å². The smallest absolute Gasteiger partial charge is 0.0465 e. The van der Waals surface area contributed by atoms with Gasteiger partial charge in [-0.15, -0.1) is 11.6 Å². The van der Waals surface area contributed by atoms with Crippen LogP contribution in [-0.2, 0) is 0 Å². The lowest BCUT2D eigenvalue weighted by atomic mass is 9.90. The first-order chi connectivity index (χ1) is 5.60. The second-order valence-electron chi connectivity index (χ2n) is 5.99. The number of rotatable bonds is 3. The maximum atomic E-state index is 6.21. The first-order valence-corrected chi connectivity index (χ1v) is 5.43. The molecule has 2 heteroatoms. The lowest BCUT2D eigenvalue weighted by Gasteiger charge is -2.26. The summed E-state index contributed by atoms with van der Waals surface area (Å²) in [6.07, 6.45) is 1.05. The number of nitrogens with one attached hydrogen (secondary N) is 1. The van der Waals surface area contributed by atoms with Gasteiger partial charge in [0.15, 0.2) is 0 Å². The molecule has 0 saturated carbocycles. The fraction of sp³-hybridized carbons (Fsp3) is 1.00. The molecule has 0 amide bonds. The van der Waals surface area contributed by atoms with Gasteiger partial charge in [-0.05, 0) is 32.6 Å². The lowest BCUT2D eigenvalue weighted by molar-refractivity contribution is 0.345. The average molecular weight is 206 g/mol. The van der Waals surface area contributed by atoms with Crippen LogP contribution in [0.2, 0.25) is 0 Å². The summed E-state index contributed by atoms with van der Waals surface area (Å²) in [6, 6.07) is 0. The van der Waals surface area contributed by atoms with Gasteiger partial charge in [0.25, 0.3) is 0 Å². The van der Waals surface area contributed by atoms with Crippen LogP contribution in [0.1, 0.15) is 48.0 Å². The quantitative estimate of drug-likeness (QED) is 0.697. The largest absolute Gasteiger partial charge is 0.311 e. The van der Waals surface area contributed by atoms with Gasteiger partial charge in [0.05, 0.1) is 0 Å². The van der Waals surface area contributed by atoms with E-state index in [-0.39, 0.29) is 10.9 Å². The van der Waals surface area contributed by atoms with Crippen molar-refractivity contribution < 1.29 is 0 Å². The molecule has 0 aromatic heterocycles. The Labute approximate surface area is 88.2 Å². The summed E-state index contributed by atoms with van der Waals surface area (Å²) in [5.41, 5.74) is 0.497. The maximum absolute atomic E-state index is 6.21. The maximum Gasteiger partial charge on any atom is 0.0465 e. The molecule has 13 heavy (non-hydrogen) atoms. The molecular weight excluding hydrogens is 182 g/mol. The molecule has 0 aliphatic heterocycles. The van der Waals surface area contributed by atoms with Crippen LogP contribution in [0.5, 0.6) is 0 Å². The molecule has 0 heterocycles. The van der Waals surface area contributed by atoms with Crippen LogP contribution < -0.4 is 5.32 Å². The molecular formula is C11H24ClN. The Hall–Kier alpha value is 0.250. The van der Waals surface area contributed by atoms with Gasteiger partial charge in [-0.3, -0.25) is 0 Å². The van der Waals surface area contributed by atoms with E-state index >= 15 is 0 Å². The third kappa shape index (κ3) is 10.2. The first-order valence-electron chi connectivity index (χ1n) is 4.99. The van der Waals surface area contributed by atoms with Crippen LogP contribution in [0.25, 0.3) is 0 Å². The Balaban J connectivity index is 3.70. The number of hydrogen-bond acceptors (Lipinski definition) is 1. The van der Waals surface area contributed by atoms with Crippen molar-refractivity contribution in [3.63, 3.8) is 0 Å². The van der Waals surface area contributed by atoms with E-state index in [1.165, 1.54) is 0 Å². The van der Waals surface area contributed by atoms with E-state index in [2.05, 4.69) is 46.9 Å². The van der Waals surface area contributed by atoms with Gasteiger partial charge in [0.2, 0.25) is 0 Å². The van der Waals surface area contributed by atoms with Gasteiger partial charge in [-0.1, -0.05) is 20.8 Å². The predicted octanol–water partition coefficient (Wildman–Crippen LogP) is 3.42. The van der Waals surface area contributed by atoms with Gasteiger partial charge in [-0.2, -0.15) is 0 Å². The molecule has 0 spiro atoms. The molecule has 1 atom stereocenters. The summed E-state index contributed by atoms with van der Waals surface area (Å²) in [6.45, 7) is 14.0. The first kappa shape index (κ1) is 13.2. The molecule has 0 aliphatic rings. The molecule has 1 N–H and O–H groups in total. The van der Waals surface area contributed by atoms with E-state index in [4.69, 9.17) is 11.6 Å². The number of hydrogen-bond donors (Lipinski definition) is 1. The normalized spacial score (nSPS) is 15.9. The summed E-state index contributed by atoms with van der Waals surface area (Å²) < 4.78 is 0. The van der Waals surface area contributed by atoms with Crippen LogP contribution in [0.15, 0.2) is 0 Å². The zero-order valence-electron chi connectivity index (χ0n) is 9.87. The van der Waals surface area contributed by atoms with Gasteiger partial charge in [-0.25, -0.2) is 0 Å². The second-order valence-corrected chi connectivity index (χ2v) is 6.61. The van der Waals surface area contributed by atoms with Crippen LogP contribution >= 0.6 is 11.6 Å². The van der Waals surface area contributed by atoms with E-state index in [1.54, 1.807) is 0 Å². The summed E-state index contributed by atoms with van der Waals surface area (Å²) in [7, 11) is 0. The highest BCUT2D eigenvalue weighted by Gasteiger charge is 2.18. The standard InChI is InChI=1S/C11H24ClN/c1-10(2,3)7-9(12)8-13-11(4,5)6/h9,13H,7-8H2,1-6H3. The minimum atomic E-state index is 0.172. The zero-order chi connectivity index (χ0) is 10.7. The topological polar surface area (TPSA) is 12.0 Å². The highest BCUT2D eigenvalue weighted by atomic mass is 35.5. The van der Waals surface area contributed by atoms with Crippen molar-refractivity contribution in [2.24, 2.45) is 5.41 Å². The zero-order valence-corrected chi connectivity index (χ0v) is 10.6. The third-order valence-electron chi connectivity index (χ3n) is 1.69. The van der Waals surface area contributed by atoms with Crippen molar-refractivity contribution >= 4 is 11.6 Å². The van der Waals surface area contributed by atoms with Gasteiger partial charge in [0, 0.05) is 17.5 Å². The number of halogens is 1. The summed E-state index contributed by atoms with van der Waals surface area (Å²) in [5.74, 6) is 0. The van der Waals surface area contributed by atoms with Crippen molar-refractivity contribution in [2.75, 3.05) is 6.54 Å². The molecule has 80 valence electrons. The molecule has 1 unspecified atom stereocenters. The highest BCUT2D eigenvalue weighted by Crippen LogP contribution is 2.23. The Bertz CT molecular complexity index is 141. The molecule has 0 saturated heterocycles. The molecule has 0 bridgehead atoms. The van der Waals surface area contributed by atoms with E-state index in [9.17, 15) is 0 Å². The summed E-state index contributed by atoms with van der Waals surface area (Å²) >= 11 is 6.21. The van der Waals surface area contributed by atoms with E-state index in [0.29, 0.717) is 5.41 Å². The second kappa shape index (κ2) is 4.65. The molecule has 0 aromatic carbocycles. The Morgan fingerprint density at radius 1 is 1.08 bits per heavy atom. The monoisotopic (exact) mass is 205 g/mol. The lowest BCUT2D eigenvalue weighted by Crippen LogP contribution is -2.40. The van der Waals surface area contributed by atoms with E-state index < -0.39 is 0 Å². The Morgan fingerprint density at radius 2 is 1.54 bits per heavy atom. The summed E-state index contributed by atoms with van der Waals surface area (Å²) in [4.78, 5) is 0. The SMILES string of the molecule is CC(C)(C)CC(Cl)CNC(C)(C)C. The fourth-order valence-electron chi connectivity index (χ4n) is 1.15. The Morgan fingerprint density at radius 3 is 1.85 bits per heavy atom. The molecule has 0 radical (unpaired) electrons. The van der Waals surface area contributed by atoms with Gasteiger partial charge < -0.3 is 5.32 Å². The van der Waals surface area contributed by atoms with E-state index in [1.807, 2.05) is 0 Å².